The molecule has 0 radical (unpaired) electrons. The molecule has 1 aliphatic rings. The van der Waals surface area contributed by atoms with E-state index in [0.717, 1.165) is 35.1 Å². The summed E-state index contributed by atoms with van der Waals surface area (Å²) in [5, 5.41) is 4.57. The quantitative estimate of drug-likeness (QED) is 0.783. The summed E-state index contributed by atoms with van der Waals surface area (Å²) in [6.45, 7) is 3.43. The van der Waals surface area contributed by atoms with Crippen molar-refractivity contribution in [1.82, 2.24) is 24.8 Å². The zero-order valence-corrected chi connectivity index (χ0v) is 14.6. The number of piperidine rings is 1. The van der Waals surface area contributed by atoms with Crippen molar-refractivity contribution in [1.29, 1.82) is 0 Å². The number of hydrogen-bond donors (Lipinski definition) is 1. The summed E-state index contributed by atoms with van der Waals surface area (Å²) >= 11 is 0. The van der Waals surface area contributed by atoms with Crippen LogP contribution >= 0.6 is 0 Å². The van der Waals surface area contributed by atoms with Gasteiger partial charge in [-0.3, -0.25) is 9.78 Å². The van der Waals surface area contributed by atoms with E-state index in [4.69, 9.17) is 0 Å². The van der Waals surface area contributed by atoms with E-state index in [1.165, 1.54) is 6.20 Å². The molecule has 0 atom stereocenters. The lowest BCUT2D eigenvalue weighted by molar-refractivity contribution is 0.0712. The maximum Gasteiger partial charge on any atom is 0.274 e. The molecule has 7 nitrogen and oxygen atoms in total. The van der Waals surface area contributed by atoms with Gasteiger partial charge in [0.15, 0.2) is 0 Å². The standard InChI is InChI=1S/C19H20N6O/c1-13-3-2-4-15-17(13)22-12-23-18(15)24-14-5-9-25(10-6-14)19(26)16-11-20-7-8-21-16/h2-4,7-8,11-12,14H,5-6,9-10H2,1H3,(H,22,23,24). The second-order valence-electron chi connectivity index (χ2n) is 6.49. The fourth-order valence-corrected chi connectivity index (χ4v) is 3.34. The van der Waals surface area contributed by atoms with Crippen molar-refractivity contribution in [2.45, 2.75) is 25.8 Å². The molecule has 132 valence electrons. The molecule has 0 spiro atoms. The fourth-order valence-electron chi connectivity index (χ4n) is 3.34. The van der Waals surface area contributed by atoms with Crippen LogP contribution in [0.3, 0.4) is 0 Å². The summed E-state index contributed by atoms with van der Waals surface area (Å²) in [5.41, 5.74) is 2.51. The summed E-state index contributed by atoms with van der Waals surface area (Å²) in [5.74, 6) is 0.803. The maximum absolute atomic E-state index is 12.5. The van der Waals surface area contributed by atoms with E-state index < -0.39 is 0 Å². The Morgan fingerprint density at radius 1 is 1.15 bits per heavy atom. The molecule has 26 heavy (non-hydrogen) atoms. The molecule has 1 saturated heterocycles. The highest BCUT2D eigenvalue weighted by atomic mass is 16.2. The van der Waals surface area contributed by atoms with Crippen molar-refractivity contribution in [2.75, 3.05) is 18.4 Å². The predicted molar refractivity (Wildman–Crippen MR) is 98.9 cm³/mol. The minimum Gasteiger partial charge on any atom is -0.367 e. The van der Waals surface area contributed by atoms with Gasteiger partial charge in [0.1, 0.15) is 17.8 Å². The van der Waals surface area contributed by atoms with Crippen molar-refractivity contribution < 1.29 is 4.79 Å². The number of carbonyl (C=O) groups excluding carboxylic acids is 1. The molecule has 0 unspecified atom stereocenters. The smallest absolute Gasteiger partial charge is 0.274 e. The number of likely N-dealkylation sites (tertiary alicyclic amines) is 1. The lowest BCUT2D eigenvalue weighted by atomic mass is 10.0. The van der Waals surface area contributed by atoms with Crippen molar-refractivity contribution in [3.05, 3.63) is 54.4 Å². The number of para-hydroxylation sites is 1. The maximum atomic E-state index is 12.5. The molecule has 3 aromatic rings. The van der Waals surface area contributed by atoms with Crippen molar-refractivity contribution in [2.24, 2.45) is 0 Å². The van der Waals surface area contributed by atoms with E-state index in [9.17, 15) is 4.79 Å². The molecule has 1 amide bonds. The zero-order chi connectivity index (χ0) is 17.9. The summed E-state index contributed by atoms with van der Waals surface area (Å²) in [4.78, 5) is 31.2. The Bertz CT molecular complexity index is 922. The summed E-state index contributed by atoms with van der Waals surface area (Å²) in [6.07, 6.45) is 7.96. The van der Waals surface area contributed by atoms with Crippen LogP contribution in [0.1, 0.15) is 28.9 Å². The third-order valence-electron chi connectivity index (χ3n) is 4.77. The average molecular weight is 348 g/mol. The van der Waals surface area contributed by atoms with E-state index >= 15 is 0 Å². The highest BCUT2D eigenvalue weighted by Crippen LogP contribution is 2.24. The number of rotatable bonds is 3. The van der Waals surface area contributed by atoms with Gasteiger partial charge in [-0.1, -0.05) is 12.1 Å². The first kappa shape index (κ1) is 16.4. The van der Waals surface area contributed by atoms with Crippen LogP contribution in [-0.4, -0.2) is 49.9 Å². The monoisotopic (exact) mass is 348 g/mol. The minimum atomic E-state index is -0.0559. The topological polar surface area (TPSA) is 83.9 Å². The number of amides is 1. The number of carbonyl (C=O) groups is 1. The second kappa shape index (κ2) is 7.03. The highest BCUT2D eigenvalue weighted by Gasteiger charge is 2.25. The molecule has 1 N–H and O–H groups in total. The van der Waals surface area contributed by atoms with Crippen LogP contribution in [0.4, 0.5) is 5.82 Å². The lowest BCUT2D eigenvalue weighted by Crippen LogP contribution is -2.42. The van der Waals surface area contributed by atoms with E-state index in [1.54, 1.807) is 18.7 Å². The van der Waals surface area contributed by atoms with Crippen LogP contribution in [0.25, 0.3) is 10.9 Å². The number of aryl methyl sites for hydroxylation is 1. The van der Waals surface area contributed by atoms with Crippen LogP contribution < -0.4 is 5.32 Å². The predicted octanol–water partition coefficient (Wildman–Crippen LogP) is 2.44. The Kier molecular flexibility index (Phi) is 4.43. The van der Waals surface area contributed by atoms with Crippen LogP contribution in [0, 0.1) is 6.92 Å². The van der Waals surface area contributed by atoms with Gasteiger partial charge in [-0.15, -0.1) is 0 Å². The van der Waals surface area contributed by atoms with Gasteiger partial charge in [0.05, 0.1) is 11.7 Å². The molecule has 1 aromatic carbocycles. The van der Waals surface area contributed by atoms with E-state index in [-0.39, 0.29) is 11.9 Å². The van der Waals surface area contributed by atoms with Crippen molar-refractivity contribution >= 4 is 22.6 Å². The molecular formula is C19H20N6O. The molecule has 2 aromatic heterocycles. The largest absolute Gasteiger partial charge is 0.367 e. The second-order valence-corrected chi connectivity index (χ2v) is 6.49. The van der Waals surface area contributed by atoms with Gasteiger partial charge in [-0.2, -0.15) is 0 Å². The minimum absolute atomic E-state index is 0.0559. The summed E-state index contributed by atoms with van der Waals surface area (Å²) in [7, 11) is 0. The molecule has 0 saturated carbocycles. The number of anilines is 1. The van der Waals surface area contributed by atoms with Gasteiger partial charge < -0.3 is 10.2 Å². The van der Waals surface area contributed by atoms with Crippen LogP contribution in [0.15, 0.2) is 43.1 Å². The third-order valence-corrected chi connectivity index (χ3v) is 4.77. The lowest BCUT2D eigenvalue weighted by Gasteiger charge is -2.32. The van der Waals surface area contributed by atoms with Gasteiger partial charge >= 0.3 is 0 Å². The van der Waals surface area contributed by atoms with Crippen LogP contribution in [-0.2, 0) is 0 Å². The van der Waals surface area contributed by atoms with Crippen LogP contribution in [0.2, 0.25) is 0 Å². The number of hydrogen-bond acceptors (Lipinski definition) is 6. The fraction of sp³-hybridized carbons (Fsp3) is 0.316. The summed E-state index contributed by atoms with van der Waals surface area (Å²) < 4.78 is 0. The molecule has 0 bridgehead atoms. The molecule has 7 heteroatoms. The molecule has 0 aliphatic carbocycles. The van der Waals surface area contributed by atoms with Crippen molar-refractivity contribution in [3.8, 4) is 0 Å². The average Bonchev–Trinajstić information content (AvgIpc) is 2.69. The van der Waals surface area contributed by atoms with Gasteiger partial charge in [0.25, 0.3) is 5.91 Å². The van der Waals surface area contributed by atoms with E-state index in [2.05, 4.69) is 38.2 Å². The first-order valence-corrected chi connectivity index (χ1v) is 8.74. The molecular weight excluding hydrogens is 328 g/mol. The summed E-state index contributed by atoms with van der Waals surface area (Å²) in [6, 6.07) is 6.39. The van der Waals surface area contributed by atoms with Gasteiger partial charge in [0, 0.05) is 36.9 Å². The van der Waals surface area contributed by atoms with E-state index in [0.29, 0.717) is 18.8 Å². The first-order chi connectivity index (χ1) is 12.7. The number of benzene rings is 1. The zero-order valence-electron chi connectivity index (χ0n) is 14.6. The van der Waals surface area contributed by atoms with Crippen molar-refractivity contribution in [3.63, 3.8) is 0 Å². The Morgan fingerprint density at radius 2 is 2.00 bits per heavy atom. The molecule has 3 heterocycles. The van der Waals surface area contributed by atoms with Gasteiger partial charge in [-0.05, 0) is 31.4 Å². The molecule has 4 rings (SSSR count). The Morgan fingerprint density at radius 3 is 2.77 bits per heavy atom. The molecule has 1 fully saturated rings. The number of nitrogens with zero attached hydrogens (tertiary/aromatic N) is 5. The van der Waals surface area contributed by atoms with Gasteiger partial charge in [0.2, 0.25) is 0 Å². The number of fused-ring (bicyclic) bond motifs is 1. The third kappa shape index (κ3) is 3.20. The number of aromatic nitrogens is 4. The Balaban J connectivity index is 1.43. The van der Waals surface area contributed by atoms with Gasteiger partial charge in [-0.25, -0.2) is 15.0 Å². The first-order valence-electron chi connectivity index (χ1n) is 8.74. The van der Waals surface area contributed by atoms with Crippen LogP contribution in [0.5, 0.6) is 0 Å². The molecule has 1 aliphatic heterocycles. The number of nitrogens with one attached hydrogen (secondary N) is 1. The normalized spacial score (nSPS) is 15.2. The Labute approximate surface area is 151 Å². The van der Waals surface area contributed by atoms with E-state index in [1.807, 2.05) is 17.0 Å². The SMILES string of the molecule is Cc1cccc2c(NC3CCN(C(=O)c4cnccn4)CC3)ncnc12. The Hall–Kier alpha value is -3.09. The highest BCUT2D eigenvalue weighted by molar-refractivity contribution is 5.92.